The van der Waals surface area contributed by atoms with Crippen LogP contribution in [0.3, 0.4) is 0 Å². The zero-order valence-electron chi connectivity index (χ0n) is 25.8. The Morgan fingerprint density at radius 2 is 0.561 bits per heavy atom. The number of hydrogen-bond acceptors (Lipinski definition) is 4. The quantitative estimate of drug-likeness (QED) is 0.184. The van der Waals surface area contributed by atoms with Crippen LogP contribution in [0.15, 0.2) is 48.5 Å². The summed E-state index contributed by atoms with van der Waals surface area (Å²) in [6, 6.07) is 16.7. The van der Waals surface area contributed by atoms with Gasteiger partial charge in [-0.3, -0.25) is 0 Å². The van der Waals surface area contributed by atoms with Gasteiger partial charge < -0.3 is 20.4 Å². The molecule has 4 N–H and O–H groups in total. The van der Waals surface area contributed by atoms with Gasteiger partial charge in [-0.2, -0.15) is 0 Å². The fourth-order valence-corrected chi connectivity index (χ4v) is 6.71. The van der Waals surface area contributed by atoms with Crippen LogP contribution >= 0.6 is 0 Å². The Hall–Kier alpha value is -3.92. The molecule has 216 valence electrons. The van der Waals surface area contributed by atoms with Crippen molar-refractivity contribution in [2.24, 2.45) is 5.92 Å². The third kappa shape index (κ3) is 5.66. The minimum Gasteiger partial charge on any atom is -0.507 e. The Bertz CT molecular complexity index is 1290. The average Bonchev–Trinajstić information content (AvgIpc) is 2.91. The Morgan fingerprint density at radius 3 is 0.707 bits per heavy atom. The monoisotopic (exact) mass is 552 g/mol. The lowest BCUT2D eigenvalue weighted by molar-refractivity contribution is 0.399. The molecule has 0 saturated heterocycles. The van der Waals surface area contributed by atoms with Gasteiger partial charge in [-0.15, -0.1) is 0 Å². The molecule has 0 radical (unpaired) electrons. The summed E-state index contributed by atoms with van der Waals surface area (Å²) in [6.07, 6.45) is 0.839. The zero-order valence-corrected chi connectivity index (χ0v) is 25.8. The van der Waals surface area contributed by atoms with Crippen molar-refractivity contribution >= 4 is 0 Å². The molecular weight excluding hydrogens is 508 g/mol. The summed E-state index contributed by atoms with van der Waals surface area (Å²) in [4.78, 5) is 0. The van der Waals surface area contributed by atoms with Gasteiger partial charge in [-0.05, 0) is 128 Å². The molecule has 0 atom stereocenters. The number of rotatable bonds is 7. The molecule has 4 rings (SSSR count). The van der Waals surface area contributed by atoms with Crippen LogP contribution in [0.2, 0.25) is 0 Å². The van der Waals surface area contributed by atoms with Gasteiger partial charge in [0.05, 0.1) is 0 Å². The van der Waals surface area contributed by atoms with Crippen LogP contribution in [0, 0.1) is 61.3 Å². The molecule has 0 saturated carbocycles. The van der Waals surface area contributed by atoms with E-state index in [2.05, 4.69) is 55.5 Å². The van der Waals surface area contributed by atoms with Crippen LogP contribution in [0.1, 0.15) is 91.9 Å². The van der Waals surface area contributed by atoms with Gasteiger partial charge in [0.1, 0.15) is 23.0 Å². The molecule has 4 heteroatoms. The second-order valence-corrected chi connectivity index (χ2v) is 12.0. The lowest BCUT2D eigenvalue weighted by atomic mass is 9.67. The Labute approximate surface area is 245 Å². The number of benzene rings is 4. The van der Waals surface area contributed by atoms with Gasteiger partial charge in [0.15, 0.2) is 0 Å². The molecule has 0 amide bonds. The maximum absolute atomic E-state index is 10.7. The van der Waals surface area contributed by atoms with E-state index in [-0.39, 0.29) is 17.8 Å². The van der Waals surface area contributed by atoms with E-state index < -0.39 is 0 Å². The molecule has 0 spiro atoms. The third-order valence-electron chi connectivity index (χ3n) is 8.82. The molecular formula is C37H44O4. The topological polar surface area (TPSA) is 80.9 Å². The molecule has 0 unspecified atom stereocenters. The van der Waals surface area contributed by atoms with Crippen LogP contribution in [-0.4, -0.2) is 20.4 Å². The van der Waals surface area contributed by atoms with Crippen molar-refractivity contribution in [2.45, 2.75) is 80.6 Å². The Morgan fingerprint density at radius 1 is 0.390 bits per heavy atom. The van der Waals surface area contributed by atoms with E-state index in [4.69, 9.17) is 0 Å². The van der Waals surface area contributed by atoms with Crippen molar-refractivity contribution in [1.29, 1.82) is 0 Å². The first-order valence-electron chi connectivity index (χ1n) is 14.4. The molecule has 0 bridgehead atoms. The van der Waals surface area contributed by atoms with Gasteiger partial charge in [-0.25, -0.2) is 0 Å². The molecule has 41 heavy (non-hydrogen) atoms. The van der Waals surface area contributed by atoms with Crippen molar-refractivity contribution in [1.82, 2.24) is 0 Å². The van der Waals surface area contributed by atoms with E-state index in [0.29, 0.717) is 23.0 Å². The standard InChI is InChI=1S/C37H44O4/c1-10-31(32(27-11-19(2)34(38)20(3)12-27)28-13-21(4)35(39)22(5)14-28)33(29-15-23(6)36(40)24(7)16-29)30-17-25(8)37(41)26(9)18-30/h11-18,31-33,38-41H,10H2,1-9H3. The van der Waals surface area contributed by atoms with Crippen LogP contribution in [0.25, 0.3) is 0 Å². The van der Waals surface area contributed by atoms with Crippen LogP contribution < -0.4 is 0 Å². The predicted octanol–water partition coefficient (Wildman–Crippen LogP) is 8.97. The zero-order chi connectivity index (χ0) is 30.3. The Balaban J connectivity index is 2.09. The third-order valence-corrected chi connectivity index (χ3v) is 8.82. The van der Waals surface area contributed by atoms with E-state index in [1.54, 1.807) is 0 Å². The molecule has 4 aromatic carbocycles. The van der Waals surface area contributed by atoms with Crippen molar-refractivity contribution in [3.63, 3.8) is 0 Å². The SMILES string of the molecule is CCC(C(c1cc(C)c(O)c(C)c1)c1cc(C)c(O)c(C)c1)C(c1cc(C)c(O)c(C)c1)c1cc(C)c(O)c(C)c1. The number of hydrogen-bond donors (Lipinski definition) is 4. The smallest absolute Gasteiger partial charge is 0.121 e. The predicted molar refractivity (Wildman–Crippen MR) is 168 cm³/mol. The fourth-order valence-electron chi connectivity index (χ4n) is 6.71. The summed E-state index contributed by atoms with van der Waals surface area (Å²) in [5, 5.41) is 42.6. The van der Waals surface area contributed by atoms with Crippen molar-refractivity contribution in [3.05, 3.63) is 115 Å². The number of aromatic hydroxyl groups is 4. The molecule has 0 heterocycles. The van der Waals surface area contributed by atoms with E-state index in [0.717, 1.165) is 73.2 Å². The summed E-state index contributed by atoms with van der Waals surface area (Å²) in [5.41, 5.74) is 11.1. The second kappa shape index (κ2) is 11.5. The molecule has 4 aromatic rings. The maximum atomic E-state index is 10.7. The number of phenols is 4. The number of aryl methyl sites for hydroxylation is 8. The first-order chi connectivity index (χ1) is 19.2. The van der Waals surface area contributed by atoms with Gasteiger partial charge >= 0.3 is 0 Å². The van der Waals surface area contributed by atoms with Gasteiger partial charge in [0, 0.05) is 11.8 Å². The van der Waals surface area contributed by atoms with E-state index in [1.807, 2.05) is 55.4 Å². The molecule has 0 aromatic heterocycles. The minimum atomic E-state index is -0.0650. The van der Waals surface area contributed by atoms with Gasteiger partial charge in [0.2, 0.25) is 0 Å². The molecule has 0 aliphatic heterocycles. The molecule has 0 fully saturated rings. The summed E-state index contributed by atoms with van der Waals surface area (Å²) in [7, 11) is 0. The normalized spacial score (nSPS) is 11.7. The van der Waals surface area contributed by atoms with E-state index in [1.165, 1.54) is 0 Å². The van der Waals surface area contributed by atoms with Gasteiger partial charge in [0.25, 0.3) is 0 Å². The summed E-state index contributed by atoms with van der Waals surface area (Å²) >= 11 is 0. The van der Waals surface area contributed by atoms with E-state index >= 15 is 0 Å². The van der Waals surface area contributed by atoms with Gasteiger partial charge in [-0.1, -0.05) is 61.9 Å². The average molecular weight is 553 g/mol. The first kappa shape index (κ1) is 30.0. The minimum absolute atomic E-state index is 0.0633. The molecule has 4 nitrogen and oxygen atoms in total. The molecule has 0 aliphatic carbocycles. The highest BCUT2D eigenvalue weighted by atomic mass is 16.3. The highest BCUT2D eigenvalue weighted by Crippen LogP contribution is 2.49. The van der Waals surface area contributed by atoms with Crippen molar-refractivity contribution < 1.29 is 20.4 Å². The van der Waals surface area contributed by atoms with Crippen LogP contribution in [0.5, 0.6) is 23.0 Å². The molecule has 0 aliphatic rings. The highest BCUT2D eigenvalue weighted by molar-refractivity contribution is 5.53. The summed E-state index contributed by atoms with van der Waals surface area (Å²) in [5.74, 6) is 1.17. The Kier molecular flexibility index (Phi) is 8.44. The van der Waals surface area contributed by atoms with E-state index in [9.17, 15) is 20.4 Å². The maximum Gasteiger partial charge on any atom is 0.121 e. The second-order valence-electron chi connectivity index (χ2n) is 12.0. The lowest BCUT2D eigenvalue weighted by Crippen LogP contribution is -2.23. The fraction of sp³-hybridized carbons (Fsp3) is 0.351. The van der Waals surface area contributed by atoms with Crippen LogP contribution in [-0.2, 0) is 0 Å². The first-order valence-corrected chi connectivity index (χ1v) is 14.4. The van der Waals surface area contributed by atoms with Crippen LogP contribution in [0.4, 0.5) is 0 Å². The van der Waals surface area contributed by atoms with Crippen molar-refractivity contribution in [2.75, 3.05) is 0 Å². The summed E-state index contributed by atoms with van der Waals surface area (Å²) in [6.45, 7) is 17.7. The highest BCUT2D eigenvalue weighted by Gasteiger charge is 2.35. The largest absolute Gasteiger partial charge is 0.507 e. The summed E-state index contributed by atoms with van der Waals surface area (Å²) < 4.78 is 0. The number of phenolic OH excluding ortho intramolecular Hbond substituents is 4. The van der Waals surface area contributed by atoms with Crippen molar-refractivity contribution in [3.8, 4) is 23.0 Å². The lowest BCUT2D eigenvalue weighted by Gasteiger charge is -2.36.